The number of amides is 1. The summed E-state index contributed by atoms with van der Waals surface area (Å²) in [6, 6.07) is -0.465. The van der Waals surface area contributed by atoms with Gasteiger partial charge in [-0.15, -0.1) is 0 Å². The molecule has 3 aliphatic rings. The molecule has 0 aromatic carbocycles. The number of aliphatic carboxylic acids is 1. The van der Waals surface area contributed by atoms with Crippen molar-refractivity contribution < 1.29 is 27.9 Å². The number of hydrogen-bond donors (Lipinski definition) is 1. The Kier molecular flexibility index (Phi) is 5.62. The number of piperazine rings is 1. The van der Waals surface area contributed by atoms with Gasteiger partial charge in [0.1, 0.15) is 0 Å². The van der Waals surface area contributed by atoms with Crippen LogP contribution in [0, 0.1) is 0 Å². The maximum absolute atomic E-state index is 12.5. The minimum absolute atomic E-state index is 0.00399. The van der Waals surface area contributed by atoms with Crippen LogP contribution in [0.3, 0.4) is 0 Å². The summed E-state index contributed by atoms with van der Waals surface area (Å²) in [6.45, 7) is 3.94. The van der Waals surface area contributed by atoms with Crippen LogP contribution in [0.5, 0.6) is 0 Å². The first-order chi connectivity index (χ1) is 11.9. The topological polar surface area (TPSA) is 107 Å². The Morgan fingerprint density at radius 2 is 1.60 bits per heavy atom. The molecule has 0 saturated carbocycles. The summed E-state index contributed by atoms with van der Waals surface area (Å²) in [7, 11) is -3.17. The van der Waals surface area contributed by atoms with Crippen LogP contribution in [0.1, 0.15) is 6.42 Å². The van der Waals surface area contributed by atoms with E-state index < -0.39 is 15.8 Å². The first-order valence-electron chi connectivity index (χ1n) is 8.61. The number of carboxylic acids is 1. The summed E-state index contributed by atoms with van der Waals surface area (Å²) >= 11 is 0. The number of carbonyl (C=O) groups is 2. The van der Waals surface area contributed by atoms with Crippen molar-refractivity contribution in [2.24, 2.45) is 0 Å². The fraction of sp³-hybridized carbons (Fsp3) is 0.867. The van der Waals surface area contributed by atoms with Gasteiger partial charge in [0.25, 0.3) is 0 Å². The van der Waals surface area contributed by atoms with E-state index in [1.54, 1.807) is 4.90 Å². The Morgan fingerprint density at radius 1 is 1.00 bits per heavy atom. The average Bonchev–Trinajstić information content (AvgIpc) is 2.90. The molecule has 10 heteroatoms. The minimum atomic E-state index is -3.17. The van der Waals surface area contributed by atoms with E-state index in [0.29, 0.717) is 45.9 Å². The quantitative estimate of drug-likeness (QED) is 0.594. The zero-order chi connectivity index (χ0) is 18.0. The molecule has 2 atom stereocenters. The number of carboxylic acid groups (broad SMARTS) is 1. The summed E-state index contributed by atoms with van der Waals surface area (Å²) in [5.41, 5.74) is 0. The molecule has 3 fully saturated rings. The largest absolute Gasteiger partial charge is 0.481 e. The highest BCUT2D eigenvalue weighted by atomic mass is 32.2. The van der Waals surface area contributed by atoms with Gasteiger partial charge in [0.2, 0.25) is 5.91 Å². The Hall–Kier alpha value is -1.23. The number of ether oxygens (including phenoxy) is 1. The lowest BCUT2D eigenvalue weighted by molar-refractivity contribution is -0.138. The standard InChI is InChI=1S/C15H25N3O6S/c19-14(17-5-7-24-8-6-17)9-18-4-3-16(2-1-15(20)21)12-10-25(22,23)11-13(12)18/h12-13H,1-11H2,(H,20,21)/t12-,13+/m0/s1. The van der Waals surface area contributed by atoms with E-state index in [9.17, 15) is 18.0 Å². The Morgan fingerprint density at radius 3 is 2.24 bits per heavy atom. The summed E-state index contributed by atoms with van der Waals surface area (Å²) in [6.07, 6.45) is -0.00399. The molecule has 0 aliphatic carbocycles. The maximum Gasteiger partial charge on any atom is 0.304 e. The second kappa shape index (κ2) is 7.56. The molecular weight excluding hydrogens is 350 g/mol. The van der Waals surface area contributed by atoms with Crippen LogP contribution in [0.2, 0.25) is 0 Å². The number of carbonyl (C=O) groups excluding carboxylic acids is 1. The first kappa shape index (κ1) is 18.6. The molecule has 3 rings (SSSR count). The third kappa shape index (κ3) is 4.49. The molecule has 0 bridgehead atoms. The monoisotopic (exact) mass is 375 g/mol. The Bertz CT molecular complexity index is 619. The number of rotatable bonds is 5. The smallest absolute Gasteiger partial charge is 0.304 e. The molecule has 3 saturated heterocycles. The van der Waals surface area contributed by atoms with Crippen LogP contribution >= 0.6 is 0 Å². The zero-order valence-corrected chi connectivity index (χ0v) is 15.0. The molecule has 142 valence electrons. The van der Waals surface area contributed by atoms with Crippen molar-refractivity contribution in [3.8, 4) is 0 Å². The van der Waals surface area contributed by atoms with E-state index >= 15 is 0 Å². The van der Waals surface area contributed by atoms with Gasteiger partial charge in [-0.25, -0.2) is 8.42 Å². The molecular formula is C15H25N3O6S. The molecule has 3 heterocycles. The average molecular weight is 375 g/mol. The molecule has 25 heavy (non-hydrogen) atoms. The Labute approximate surface area is 147 Å². The van der Waals surface area contributed by atoms with Crippen molar-refractivity contribution >= 4 is 21.7 Å². The molecule has 0 aromatic rings. The van der Waals surface area contributed by atoms with Crippen molar-refractivity contribution in [3.05, 3.63) is 0 Å². The number of sulfone groups is 1. The third-order valence-electron chi connectivity index (χ3n) is 5.22. The molecule has 1 amide bonds. The summed E-state index contributed by atoms with van der Waals surface area (Å²) in [5, 5.41) is 8.89. The lowest BCUT2D eigenvalue weighted by Gasteiger charge is -2.44. The zero-order valence-electron chi connectivity index (χ0n) is 14.2. The van der Waals surface area contributed by atoms with Gasteiger partial charge in [-0.1, -0.05) is 0 Å². The van der Waals surface area contributed by atoms with Gasteiger partial charge in [-0.05, 0) is 0 Å². The predicted molar refractivity (Wildman–Crippen MR) is 89.0 cm³/mol. The predicted octanol–water partition coefficient (Wildman–Crippen LogP) is -1.90. The highest BCUT2D eigenvalue weighted by Crippen LogP contribution is 2.27. The van der Waals surface area contributed by atoms with E-state index in [2.05, 4.69) is 0 Å². The SMILES string of the molecule is O=C(O)CCN1CCN(CC(=O)N2CCOCC2)[C@@H]2CS(=O)(=O)C[C@@H]21. The van der Waals surface area contributed by atoms with Gasteiger partial charge in [0.05, 0.1) is 37.7 Å². The fourth-order valence-corrected chi connectivity index (χ4v) is 5.94. The van der Waals surface area contributed by atoms with Crippen molar-refractivity contribution in [1.82, 2.24) is 14.7 Å². The van der Waals surface area contributed by atoms with Gasteiger partial charge in [-0.3, -0.25) is 19.4 Å². The van der Waals surface area contributed by atoms with Crippen LogP contribution in [-0.4, -0.2) is 116 Å². The summed E-state index contributed by atoms with van der Waals surface area (Å²) < 4.78 is 29.5. The second-order valence-electron chi connectivity index (χ2n) is 6.85. The number of nitrogens with zero attached hydrogens (tertiary/aromatic N) is 3. The first-order valence-corrected chi connectivity index (χ1v) is 10.4. The molecule has 0 aromatic heterocycles. The van der Waals surface area contributed by atoms with Crippen molar-refractivity contribution in [3.63, 3.8) is 0 Å². The molecule has 3 aliphatic heterocycles. The van der Waals surface area contributed by atoms with Gasteiger partial charge < -0.3 is 14.7 Å². The molecule has 0 radical (unpaired) electrons. The summed E-state index contributed by atoms with van der Waals surface area (Å²) in [5.74, 6) is -0.801. The lowest BCUT2D eigenvalue weighted by atomic mass is 10.0. The number of hydrogen-bond acceptors (Lipinski definition) is 7. The van der Waals surface area contributed by atoms with Crippen LogP contribution in [-0.2, 0) is 24.2 Å². The number of morpholine rings is 1. The van der Waals surface area contributed by atoms with Crippen molar-refractivity contribution in [2.45, 2.75) is 18.5 Å². The van der Waals surface area contributed by atoms with E-state index in [1.165, 1.54) is 0 Å². The lowest BCUT2D eigenvalue weighted by Crippen LogP contribution is -2.61. The maximum atomic E-state index is 12.5. The van der Waals surface area contributed by atoms with E-state index in [0.717, 1.165) is 0 Å². The van der Waals surface area contributed by atoms with Crippen LogP contribution < -0.4 is 0 Å². The Balaban J connectivity index is 1.65. The fourth-order valence-electron chi connectivity index (χ4n) is 3.90. The molecule has 0 unspecified atom stereocenters. The minimum Gasteiger partial charge on any atom is -0.481 e. The van der Waals surface area contributed by atoms with Gasteiger partial charge >= 0.3 is 5.97 Å². The van der Waals surface area contributed by atoms with Crippen LogP contribution in [0.4, 0.5) is 0 Å². The van der Waals surface area contributed by atoms with Gasteiger partial charge in [0, 0.05) is 44.8 Å². The number of fused-ring (bicyclic) bond motifs is 1. The van der Waals surface area contributed by atoms with Gasteiger partial charge in [-0.2, -0.15) is 0 Å². The van der Waals surface area contributed by atoms with E-state index in [4.69, 9.17) is 9.84 Å². The normalized spacial score (nSPS) is 30.2. The van der Waals surface area contributed by atoms with E-state index in [-0.39, 0.29) is 42.5 Å². The highest BCUT2D eigenvalue weighted by molar-refractivity contribution is 7.91. The van der Waals surface area contributed by atoms with E-state index in [1.807, 2.05) is 9.80 Å². The van der Waals surface area contributed by atoms with Crippen LogP contribution in [0.15, 0.2) is 0 Å². The second-order valence-corrected chi connectivity index (χ2v) is 9.01. The molecule has 0 spiro atoms. The van der Waals surface area contributed by atoms with Crippen molar-refractivity contribution in [1.29, 1.82) is 0 Å². The third-order valence-corrected chi connectivity index (χ3v) is 6.92. The van der Waals surface area contributed by atoms with Crippen molar-refractivity contribution in [2.75, 3.05) is 64.0 Å². The summed E-state index contributed by atoms with van der Waals surface area (Å²) in [4.78, 5) is 29.0. The van der Waals surface area contributed by atoms with Gasteiger partial charge in [0.15, 0.2) is 9.84 Å². The highest BCUT2D eigenvalue weighted by Gasteiger charge is 2.46. The molecule has 1 N–H and O–H groups in total. The van der Waals surface area contributed by atoms with Crippen LogP contribution in [0.25, 0.3) is 0 Å². The molecule has 9 nitrogen and oxygen atoms in total.